The van der Waals surface area contributed by atoms with Crippen LogP contribution in [0.1, 0.15) is 5.56 Å². The number of hydrogen-bond donors (Lipinski definition) is 0. The zero-order valence-electron chi connectivity index (χ0n) is 14.3. The van der Waals surface area contributed by atoms with Crippen LogP contribution in [0, 0.1) is 0 Å². The van der Waals surface area contributed by atoms with Gasteiger partial charge >= 0.3 is 0 Å². The average Bonchev–Trinajstić information content (AvgIpc) is 3.27. The maximum atomic E-state index is 6.41. The maximum absolute atomic E-state index is 6.41. The fraction of sp³-hybridized carbons (Fsp3) is 0.111. The van der Waals surface area contributed by atoms with E-state index in [2.05, 4.69) is 32.6 Å². The van der Waals surface area contributed by atoms with E-state index in [1.165, 1.54) is 10.4 Å². The van der Waals surface area contributed by atoms with Crippen molar-refractivity contribution in [2.75, 3.05) is 0 Å². The molecule has 4 rings (SSSR count). The molecule has 136 valence electrons. The molecule has 9 heteroatoms. The first-order chi connectivity index (χ1) is 13.1. The molecule has 0 saturated carbocycles. The van der Waals surface area contributed by atoms with Crippen molar-refractivity contribution < 1.29 is 0 Å². The highest BCUT2D eigenvalue weighted by molar-refractivity contribution is 7.98. The van der Waals surface area contributed by atoms with Gasteiger partial charge in [0.2, 0.25) is 5.82 Å². The number of rotatable bonds is 5. The number of aryl methyl sites for hydroxylation is 1. The second-order valence-electron chi connectivity index (χ2n) is 5.72. The lowest BCUT2D eigenvalue weighted by molar-refractivity contribution is 0.630. The monoisotopic (exact) mass is 416 g/mol. The molecule has 0 aliphatic rings. The Kier molecular flexibility index (Phi) is 5.15. The van der Waals surface area contributed by atoms with Crippen LogP contribution in [0.25, 0.3) is 17.1 Å². The average molecular weight is 417 g/mol. The van der Waals surface area contributed by atoms with E-state index < -0.39 is 0 Å². The molecule has 0 saturated heterocycles. The first-order valence-electron chi connectivity index (χ1n) is 8.07. The zero-order chi connectivity index (χ0) is 18.8. The lowest BCUT2D eigenvalue weighted by Gasteiger charge is -2.11. The highest BCUT2D eigenvalue weighted by Crippen LogP contribution is 2.37. The van der Waals surface area contributed by atoms with E-state index in [9.17, 15) is 0 Å². The van der Waals surface area contributed by atoms with Crippen LogP contribution in [0.15, 0.2) is 59.8 Å². The van der Waals surface area contributed by atoms with Gasteiger partial charge in [-0.05, 0) is 22.9 Å². The third-order valence-corrected chi connectivity index (χ3v) is 5.60. The van der Waals surface area contributed by atoms with Gasteiger partial charge in [-0.3, -0.25) is 0 Å². The molecule has 0 bridgehead atoms. The molecule has 27 heavy (non-hydrogen) atoms. The van der Waals surface area contributed by atoms with Crippen molar-refractivity contribution in [3.8, 4) is 17.1 Å². The van der Waals surface area contributed by atoms with Gasteiger partial charge in [-0.15, -0.1) is 22.0 Å². The van der Waals surface area contributed by atoms with E-state index >= 15 is 0 Å². The van der Waals surface area contributed by atoms with Gasteiger partial charge in [0, 0.05) is 5.75 Å². The van der Waals surface area contributed by atoms with Crippen molar-refractivity contribution in [3.05, 3.63) is 70.3 Å². The van der Waals surface area contributed by atoms with Crippen LogP contribution >= 0.6 is 35.0 Å². The summed E-state index contributed by atoms with van der Waals surface area (Å²) in [5.74, 6) is 1.25. The summed E-state index contributed by atoms with van der Waals surface area (Å²) >= 11 is 14.4. The summed E-state index contributed by atoms with van der Waals surface area (Å²) in [6.07, 6.45) is 1.71. The number of hydrogen-bond acceptors (Lipinski definition) is 5. The van der Waals surface area contributed by atoms with Crippen molar-refractivity contribution in [3.63, 3.8) is 0 Å². The van der Waals surface area contributed by atoms with Crippen LogP contribution in [0.3, 0.4) is 0 Å². The topological polar surface area (TPSA) is 61.4 Å². The van der Waals surface area contributed by atoms with E-state index in [1.807, 2.05) is 18.2 Å². The molecular formula is C18H14Cl2N6S. The second kappa shape index (κ2) is 7.72. The minimum absolute atomic E-state index is 0.502. The van der Waals surface area contributed by atoms with Crippen molar-refractivity contribution in [2.24, 2.45) is 7.05 Å². The molecule has 0 aliphatic heterocycles. The van der Waals surface area contributed by atoms with Crippen LogP contribution in [-0.4, -0.2) is 30.0 Å². The van der Waals surface area contributed by atoms with Gasteiger partial charge in [-0.25, -0.2) is 4.68 Å². The fourth-order valence-electron chi connectivity index (χ4n) is 2.60. The number of tetrazole rings is 1. The lowest BCUT2D eigenvalue weighted by Crippen LogP contribution is -2.01. The van der Waals surface area contributed by atoms with Gasteiger partial charge in [-0.2, -0.15) is 9.90 Å². The quantitative estimate of drug-likeness (QED) is 0.442. The van der Waals surface area contributed by atoms with Crippen molar-refractivity contribution in [1.82, 2.24) is 30.0 Å². The molecule has 0 atom stereocenters. The molecule has 0 N–H and O–H groups in total. The second-order valence-corrected chi connectivity index (χ2v) is 7.50. The minimum atomic E-state index is 0.502. The molecule has 0 fully saturated rings. The van der Waals surface area contributed by atoms with E-state index in [0.717, 1.165) is 16.3 Å². The standard InChI is InChI=1S/C18H14Cl2N6S/c1-25-23-17(22-24-25)13-10-21-26(16-14(19)8-5-9-15(16)20)18(13)27-11-12-6-3-2-4-7-12/h2-10H,11H2,1H3. The molecule has 2 aromatic carbocycles. The SMILES string of the molecule is Cn1nnc(-c2cnn(-c3c(Cl)cccc3Cl)c2SCc2ccccc2)n1. The largest absolute Gasteiger partial charge is 0.223 e. The Hall–Kier alpha value is -2.35. The number of para-hydroxylation sites is 1. The first-order valence-corrected chi connectivity index (χ1v) is 9.81. The Bertz CT molecular complexity index is 1060. The first kappa shape index (κ1) is 18.0. The summed E-state index contributed by atoms with van der Waals surface area (Å²) in [4.78, 5) is 1.42. The molecule has 4 aromatic rings. The van der Waals surface area contributed by atoms with E-state index in [1.54, 1.807) is 47.9 Å². The molecular weight excluding hydrogens is 403 g/mol. The Balaban J connectivity index is 1.80. The van der Waals surface area contributed by atoms with Crippen LogP contribution in [0.5, 0.6) is 0 Å². The molecule has 0 aliphatic carbocycles. The molecule has 0 unspecified atom stereocenters. The summed E-state index contributed by atoms with van der Waals surface area (Å²) < 4.78 is 1.74. The van der Waals surface area contributed by atoms with Gasteiger partial charge < -0.3 is 0 Å². The summed E-state index contributed by atoms with van der Waals surface area (Å²) in [7, 11) is 1.72. The number of halogens is 2. The third-order valence-electron chi connectivity index (χ3n) is 3.84. The van der Waals surface area contributed by atoms with Gasteiger partial charge in [0.25, 0.3) is 0 Å². The Labute approximate surface area is 170 Å². The van der Waals surface area contributed by atoms with Gasteiger partial charge in [0.1, 0.15) is 10.7 Å². The maximum Gasteiger partial charge on any atom is 0.209 e. The number of thioether (sulfide) groups is 1. The summed E-state index contributed by atoms with van der Waals surface area (Å²) in [6.45, 7) is 0. The van der Waals surface area contributed by atoms with Crippen LogP contribution in [0.2, 0.25) is 10.0 Å². The zero-order valence-corrected chi connectivity index (χ0v) is 16.6. The fourth-order valence-corrected chi connectivity index (χ4v) is 4.21. The van der Waals surface area contributed by atoms with Gasteiger partial charge in [0.05, 0.1) is 28.9 Å². The van der Waals surface area contributed by atoms with E-state index in [4.69, 9.17) is 23.2 Å². The Morgan fingerprint density at radius 2 is 1.74 bits per heavy atom. The minimum Gasteiger partial charge on any atom is -0.223 e. The van der Waals surface area contributed by atoms with Crippen LogP contribution < -0.4 is 0 Å². The number of benzene rings is 2. The number of aromatic nitrogens is 6. The highest BCUT2D eigenvalue weighted by Gasteiger charge is 2.21. The van der Waals surface area contributed by atoms with Crippen LogP contribution in [-0.2, 0) is 12.8 Å². The van der Waals surface area contributed by atoms with Crippen molar-refractivity contribution >= 4 is 35.0 Å². The van der Waals surface area contributed by atoms with Crippen molar-refractivity contribution in [2.45, 2.75) is 10.8 Å². The molecule has 0 spiro atoms. The van der Waals surface area contributed by atoms with Crippen molar-refractivity contribution in [1.29, 1.82) is 0 Å². The summed E-state index contributed by atoms with van der Waals surface area (Å²) in [5, 5.41) is 18.8. The summed E-state index contributed by atoms with van der Waals surface area (Å²) in [6, 6.07) is 15.6. The van der Waals surface area contributed by atoms with E-state index in [-0.39, 0.29) is 0 Å². The smallest absolute Gasteiger partial charge is 0.209 e. The predicted octanol–water partition coefficient (Wildman–Crippen LogP) is 4.66. The highest BCUT2D eigenvalue weighted by atomic mass is 35.5. The van der Waals surface area contributed by atoms with Gasteiger partial charge in [0.15, 0.2) is 0 Å². The van der Waals surface area contributed by atoms with E-state index in [0.29, 0.717) is 21.6 Å². The Morgan fingerprint density at radius 3 is 2.41 bits per heavy atom. The van der Waals surface area contributed by atoms with Gasteiger partial charge in [-0.1, -0.05) is 59.6 Å². The molecule has 0 radical (unpaired) electrons. The molecule has 0 amide bonds. The number of nitrogens with zero attached hydrogens (tertiary/aromatic N) is 6. The molecule has 6 nitrogen and oxygen atoms in total. The normalized spacial score (nSPS) is 11.1. The summed E-state index contributed by atoms with van der Waals surface area (Å²) in [5.41, 5.74) is 2.60. The predicted molar refractivity (Wildman–Crippen MR) is 107 cm³/mol. The lowest BCUT2D eigenvalue weighted by atomic mass is 10.2. The van der Waals surface area contributed by atoms with Crippen LogP contribution in [0.4, 0.5) is 0 Å². The third kappa shape index (κ3) is 3.71. The molecule has 2 heterocycles. The molecule has 2 aromatic heterocycles. The Morgan fingerprint density at radius 1 is 1.00 bits per heavy atom.